The van der Waals surface area contributed by atoms with Gasteiger partial charge in [-0.2, -0.15) is 0 Å². The molecule has 1 heterocycles. The minimum Gasteiger partial charge on any atom is -0.491 e. The van der Waals surface area contributed by atoms with Crippen molar-refractivity contribution in [3.05, 3.63) is 64.6 Å². The second kappa shape index (κ2) is 8.09. The van der Waals surface area contributed by atoms with Crippen LogP contribution in [-0.2, 0) is 18.3 Å². The summed E-state index contributed by atoms with van der Waals surface area (Å²) in [6, 6.07) is 13.9. The average molecular weight is 370 g/mol. The van der Waals surface area contributed by atoms with E-state index >= 15 is 0 Å². The molecule has 0 spiro atoms. The van der Waals surface area contributed by atoms with Gasteiger partial charge in [-0.3, -0.25) is 9.13 Å². The zero-order valence-corrected chi connectivity index (χ0v) is 15.3. The first-order valence-electron chi connectivity index (χ1n) is 8.73. The fourth-order valence-corrected chi connectivity index (χ4v) is 2.90. The highest BCUT2D eigenvalue weighted by atomic mass is 16.5. The van der Waals surface area contributed by atoms with Crippen molar-refractivity contribution in [2.24, 2.45) is 7.05 Å². The number of carbonyl (C=O) groups is 1. The molecule has 0 fully saturated rings. The van der Waals surface area contributed by atoms with E-state index in [4.69, 9.17) is 9.47 Å². The number of esters is 1. The monoisotopic (exact) mass is 370 g/mol. The Kier molecular flexibility index (Phi) is 5.61. The first-order valence-corrected chi connectivity index (χ1v) is 8.73. The predicted molar refractivity (Wildman–Crippen MR) is 101 cm³/mol. The number of rotatable bonds is 7. The molecule has 1 atom stereocenters. The molecule has 0 aliphatic heterocycles. The Morgan fingerprint density at radius 2 is 1.78 bits per heavy atom. The second-order valence-corrected chi connectivity index (χ2v) is 6.15. The van der Waals surface area contributed by atoms with E-state index in [0.717, 1.165) is 11.0 Å². The van der Waals surface area contributed by atoms with Crippen LogP contribution in [0.3, 0.4) is 0 Å². The van der Waals surface area contributed by atoms with Gasteiger partial charge in [-0.05, 0) is 43.3 Å². The lowest BCUT2D eigenvalue weighted by molar-refractivity contribution is 0.0526. The molecule has 0 bridgehead atoms. The molecule has 7 nitrogen and oxygen atoms in total. The van der Waals surface area contributed by atoms with Crippen LogP contribution in [0.15, 0.2) is 53.3 Å². The topological polar surface area (TPSA) is 82.7 Å². The number of aliphatic hydroxyl groups excluding tert-OH is 1. The van der Waals surface area contributed by atoms with E-state index in [0.29, 0.717) is 17.9 Å². The summed E-state index contributed by atoms with van der Waals surface area (Å²) in [6.07, 6.45) is -0.863. The summed E-state index contributed by atoms with van der Waals surface area (Å²) in [4.78, 5) is 24.0. The van der Waals surface area contributed by atoms with Gasteiger partial charge < -0.3 is 14.6 Å². The zero-order valence-electron chi connectivity index (χ0n) is 15.3. The fourth-order valence-electron chi connectivity index (χ4n) is 2.90. The van der Waals surface area contributed by atoms with Crippen LogP contribution >= 0.6 is 0 Å². The molecule has 1 aromatic heterocycles. The number of hydrogen-bond acceptors (Lipinski definition) is 5. The number of benzene rings is 2. The van der Waals surface area contributed by atoms with E-state index in [1.807, 2.05) is 24.3 Å². The summed E-state index contributed by atoms with van der Waals surface area (Å²) < 4.78 is 13.6. The number of aliphatic hydroxyl groups is 1. The molecule has 0 aliphatic carbocycles. The third-order valence-corrected chi connectivity index (χ3v) is 4.25. The Morgan fingerprint density at radius 1 is 1.11 bits per heavy atom. The number of para-hydroxylation sites is 2. The number of aryl methyl sites for hydroxylation is 1. The van der Waals surface area contributed by atoms with Gasteiger partial charge >= 0.3 is 11.7 Å². The van der Waals surface area contributed by atoms with E-state index in [2.05, 4.69) is 0 Å². The van der Waals surface area contributed by atoms with Gasteiger partial charge in [-0.1, -0.05) is 12.1 Å². The van der Waals surface area contributed by atoms with Crippen molar-refractivity contribution >= 4 is 17.0 Å². The first-order chi connectivity index (χ1) is 13.0. The van der Waals surface area contributed by atoms with Gasteiger partial charge in [-0.25, -0.2) is 9.59 Å². The Labute approximate surface area is 156 Å². The maximum atomic E-state index is 12.4. The molecule has 7 heteroatoms. The molecule has 0 amide bonds. The van der Waals surface area contributed by atoms with Gasteiger partial charge in [0, 0.05) is 7.05 Å². The smallest absolute Gasteiger partial charge is 0.338 e. The molecule has 2 aromatic carbocycles. The van der Waals surface area contributed by atoms with Crippen molar-refractivity contribution in [3.63, 3.8) is 0 Å². The normalized spacial score (nSPS) is 12.1. The molecule has 3 rings (SSSR count). The number of fused-ring (bicyclic) bond motifs is 1. The van der Waals surface area contributed by atoms with Crippen LogP contribution < -0.4 is 10.4 Å². The number of hydrogen-bond donors (Lipinski definition) is 1. The summed E-state index contributed by atoms with van der Waals surface area (Å²) in [5, 5.41) is 10.3. The number of ether oxygens (including phenoxy) is 2. The largest absolute Gasteiger partial charge is 0.491 e. The fraction of sp³-hybridized carbons (Fsp3) is 0.300. The lowest BCUT2D eigenvalue weighted by Crippen LogP contribution is -2.30. The van der Waals surface area contributed by atoms with Gasteiger partial charge in [0.05, 0.1) is 29.7 Å². The SMILES string of the molecule is CCOC(=O)c1ccc(OCC(O)Cn2c(=O)n(C)c3ccccc32)cc1. The van der Waals surface area contributed by atoms with Crippen LogP contribution in [0.1, 0.15) is 17.3 Å². The Balaban J connectivity index is 1.64. The maximum absolute atomic E-state index is 12.4. The van der Waals surface area contributed by atoms with Crippen molar-refractivity contribution in [1.29, 1.82) is 0 Å². The van der Waals surface area contributed by atoms with Gasteiger partial charge in [0.1, 0.15) is 18.5 Å². The molecule has 0 aliphatic rings. The summed E-state index contributed by atoms with van der Waals surface area (Å²) in [5.41, 5.74) is 1.83. The molecule has 1 N–H and O–H groups in total. The molecule has 0 radical (unpaired) electrons. The molecule has 0 saturated heterocycles. The second-order valence-electron chi connectivity index (χ2n) is 6.15. The molecule has 27 heavy (non-hydrogen) atoms. The van der Waals surface area contributed by atoms with Gasteiger partial charge in [0.25, 0.3) is 0 Å². The number of nitrogens with zero attached hydrogens (tertiary/aromatic N) is 2. The Morgan fingerprint density at radius 3 is 2.44 bits per heavy atom. The highest BCUT2D eigenvalue weighted by molar-refractivity contribution is 5.89. The summed E-state index contributed by atoms with van der Waals surface area (Å²) in [6.45, 7) is 2.21. The van der Waals surface area contributed by atoms with Crippen molar-refractivity contribution in [3.8, 4) is 5.75 Å². The highest BCUT2D eigenvalue weighted by Crippen LogP contribution is 2.15. The number of imidazole rings is 1. The summed E-state index contributed by atoms with van der Waals surface area (Å²) in [7, 11) is 1.70. The lowest BCUT2D eigenvalue weighted by atomic mass is 10.2. The van der Waals surface area contributed by atoms with E-state index < -0.39 is 6.10 Å². The van der Waals surface area contributed by atoms with Crippen molar-refractivity contribution in [2.45, 2.75) is 19.6 Å². The van der Waals surface area contributed by atoms with Crippen LogP contribution in [-0.4, -0.2) is 39.5 Å². The highest BCUT2D eigenvalue weighted by Gasteiger charge is 2.14. The molecule has 1 unspecified atom stereocenters. The van der Waals surface area contributed by atoms with E-state index in [1.165, 1.54) is 4.57 Å². The molecule has 3 aromatic rings. The predicted octanol–water partition coefficient (Wildman–Crippen LogP) is 1.96. The average Bonchev–Trinajstić information content (AvgIpc) is 2.92. The minimum atomic E-state index is -0.863. The van der Waals surface area contributed by atoms with E-state index in [9.17, 15) is 14.7 Å². The van der Waals surface area contributed by atoms with Crippen molar-refractivity contribution in [2.75, 3.05) is 13.2 Å². The van der Waals surface area contributed by atoms with Crippen LogP contribution in [0.25, 0.3) is 11.0 Å². The van der Waals surface area contributed by atoms with E-state index in [-0.39, 0.29) is 24.8 Å². The first kappa shape index (κ1) is 18.7. The van der Waals surface area contributed by atoms with Crippen LogP contribution in [0.5, 0.6) is 5.75 Å². The molecule has 0 saturated carbocycles. The molecular weight excluding hydrogens is 348 g/mol. The quantitative estimate of drug-likeness (QED) is 0.643. The standard InChI is InChI=1S/C20H22N2O5/c1-3-26-19(24)14-8-10-16(11-9-14)27-13-15(23)12-22-18-7-5-4-6-17(18)21(2)20(22)25/h4-11,15,23H,3,12-13H2,1-2H3. The molecular formula is C20H22N2O5. The van der Waals surface area contributed by atoms with E-state index in [1.54, 1.807) is 42.8 Å². The number of aromatic nitrogens is 2. The van der Waals surface area contributed by atoms with Crippen molar-refractivity contribution in [1.82, 2.24) is 9.13 Å². The van der Waals surface area contributed by atoms with Gasteiger partial charge in [0.15, 0.2) is 0 Å². The van der Waals surface area contributed by atoms with Crippen LogP contribution in [0.4, 0.5) is 0 Å². The van der Waals surface area contributed by atoms with Crippen LogP contribution in [0, 0.1) is 0 Å². The third kappa shape index (κ3) is 4.03. The summed E-state index contributed by atoms with van der Waals surface area (Å²) in [5.74, 6) is 0.131. The zero-order chi connectivity index (χ0) is 19.4. The van der Waals surface area contributed by atoms with Crippen molar-refractivity contribution < 1.29 is 19.4 Å². The minimum absolute atomic E-state index is 0.0222. The Bertz CT molecular complexity index is 988. The maximum Gasteiger partial charge on any atom is 0.338 e. The van der Waals surface area contributed by atoms with Crippen LogP contribution in [0.2, 0.25) is 0 Å². The Hall–Kier alpha value is -3.06. The third-order valence-electron chi connectivity index (χ3n) is 4.25. The van der Waals surface area contributed by atoms with Gasteiger partial charge in [-0.15, -0.1) is 0 Å². The lowest BCUT2D eigenvalue weighted by Gasteiger charge is -2.13. The molecule has 142 valence electrons. The van der Waals surface area contributed by atoms with Gasteiger partial charge in [0.2, 0.25) is 0 Å². The summed E-state index contributed by atoms with van der Waals surface area (Å²) >= 11 is 0. The number of carbonyl (C=O) groups excluding carboxylic acids is 1.